The zero-order chi connectivity index (χ0) is 17.3. The molecule has 0 aliphatic carbocycles. The Kier molecular flexibility index (Phi) is 5.29. The van der Waals surface area contributed by atoms with E-state index in [9.17, 15) is 9.90 Å². The zero-order valence-corrected chi connectivity index (χ0v) is 14.7. The Balaban J connectivity index is 3.62. The highest BCUT2D eigenvalue weighted by molar-refractivity contribution is 5.68. The lowest BCUT2D eigenvalue weighted by Gasteiger charge is -2.29. The van der Waals surface area contributed by atoms with E-state index in [4.69, 9.17) is 9.84 Å². The van der Waals surface area contributed by atoms with Crippen LogP contribution in [0.1, 0.15) is 70.8 Å². The molecule has 4 heteroatoms. The van der Waals surface area contributed by atoms with E-state index in [-0.39, 0.29) is 17.3 Å². The Morgan fingerprint density at radius 1 is 1.14 bits per heavy atom. The van der Waals surface area contributed by atoms with Gasteiger partial charge in [0.05, 0.1) is 19.6 Å². The van der Waals surface area contributed by atoms with Crippen molar-refractivity contribution < 1.29 is 19.7 Å². The summed E-state index contributed by atoms with van der Waals surface area (Å²) >= 11 is 0. The molecule has 1 atom stereocenters. The quantitative estimate of drug-likeness (QED) is 0.888. The van der Waals surface area contributed by atoms with Gasteiger partial charge in [0.25, 0.3) is 0 Å². The minimum atomic E-state index is -1.09. The number of methoxy groups -OCH3 is 1. The first-order chi connectivity index (χ1) is 9.87. The van der Waals surface area contributed by atoms with Crippen LogP contribution in [-0.2, 0) is 15.6 Å². The number of hydrogen-bond donors (Lipinski definition) is 2. The normalized spacial score (nSPS) is 13.8. The lowest BCUT2D eigenvalue weighted by Crippen LogP contribution is -2.20. The maximum absolute atomic E-state index is 10.9. The second kappa shape index (κ2) is 6.29. The van der Waals surface area contributed by atoms with Gasteiger partial charge >= 0.3 is 5.97 Å². The third kappa shape index (κ3) is 4.23. The highest BCUT2D eigenvalue weighted by Gasteiger charge is 2.28. The fourth-order valence-corrected chi connectivity index (χ4v) is 2.39. The fraction of sp³-hybridized carbons (Fsp3) is 0.611. The number of carbonyl (C=O) groups is 1. The Morgan fingerprint density at radius 2 is 1.68 bits per heavy atom. The largest absolute Gasteiger partial charge is 0.496 e. The van der Waals surface area contributed by atoms with Crippen molar-refractivity contribution in [1.29, 1.82) is 0 Å². The van der Waals surface area contributed by atoms with Crippen LogP contribution < -0.4 is 4.74 Å². The molecule has 0 radical (unpaired) electrons. The number of aliphatic hydroxyl groups excluding tert-OH is 1. The lowest BCUT2D eigenvalue weighted by atomic mass is 9.78. The summed E-state index contributed by atoms with van der Waals surface area (Å²) in [5.41, 5.74) is 2.29. The van der Waals surface area contributed by atoms with Crippen molar-refractivity contribution in [3.05, 3.63) is 28.8 Å². The number of benzene rings is 1. The van der Waals surface area contributed by atoms with Gasteiger partial charge in [0, 0.05) is 11.1 Å². The fourth-order valence-electron chi connectivity index (χ4n) is 2.39. The van der Waals surface area contributed by atoms with Gasteiger partial charge in [0.2, 0.25) is 0 Å². The van der Waals surface area contributed by atoms with E-state index in [1.54, 1.807) is 7.11 Å². The average molecular weight is 308 g/mol. The van der Waals surface area contributed by atoms with Crippen molar-refractivity contribution in [3.63, 3.8) is 0 Å². The van der Waals surface area contributed by atoms with Crippen LogP contribution in [-0.4, -0.2) is 23.3 Å². The van der Waals surface area contributed by atoms with Gasteiger partial charge in [-0.3, -0.25) is 4.79 Å². The predicted molar refractivity (Wildman–Crippen MR) is 87.6 cm³/mol. The Labute approximate surface area is 133 Å². The highest BCUT2D eigenvalue weighted by atomic mass is 16.5. The molecular weight excluding hydrogens is 280 g/mol. The Morgan fingerprint density at radius 3 is 2.05 bits per heavy atom. The third-order valence-corrected chi connectivity index (χ3v) is 3.72. The number of ether oxygens (including phenoxy) is 1. The highest BCUT2D eigenvalue weighted by Crippen LogP contribution is 2.41. The van der Waals surface area contributed by atoms with E-state index in [2.05, 4.69) is 47.6 Å². The van der Waals surface area contributed by atoms with Crippen LogP contribution in [0.4, 0.5) is 0 Å². The molecule has 1 aromatic carbocycles. The van der Waals surface area contributed by atoms with Gasteiger partial charge in [-0.1, -0.05) is 47.6 Å². The van der Waals surface area contributed by atoms with E-state index in [1.807, 2.05) is 6.07 Å². The van der Waals surface area contributed by atoms with Crippen LogP contribution in [0.3, 0.4) is 0 Å². The zero-order valence-electron chi connectivity index (χ0n) is 14.7. The molecule has 0 bridgehead atoms. The number of rotatable bonds is 4. The molecular formula is C18H28O4. The topological polar surface area (TPSA) is 66.8 Å². The van der Waals surface area contributed by atoms with Crippen molar-refractivity contribution in [1.82, 2.24) is 0 Å². The first-order valence-corrected chi connectivity index (χ1v) is 7.50. The second-order valence-electron chi connectivity index (χ2n) is 7.76. The van der Waals surface area contributed by atoms with E-state index in [0.29, 0.717) is 11.3 Å². The molecule has 1 rings (SSSR count). The minimum Gasteiger partial charge on any atom is -0.496 e. The van der Waals surface area contributed by atoms with Crippen LogP contribution >= 0.6 is 0 Å². The predicted octanol–water partition coefficient (Wildman–Crippen LogP) is 3.80. The molecule has 0 aromatic heterocycles. The van der Waals surface area contributed by atoms with Gasteiger partial charge in [-0.25, -0.2) is 0 Å². The van der Waals surface area contributed by atoms with Crippen LogP contribution in [0.25, 0.3) is 0 Å². The summed E-state index contributed by atoms with van der Waals surface area (Å²) in [5.74, 6) is -0.456. The smallest absolute Gasteiger partial charge is 0.306 e. The van der Waals surface area contributed by atoms with Gasteiger partial charge in [-0.2, -0.15) is 0 Å². The van der Waals surface area contributed by atoms with Crippen molar-refractivity contribution >= 4 is 5.97 Å². The SMILES string of the molecule is COc1c(C(O)CC(=O)O)cc(C(C)(C)C)cc1C(C)(C)C. The summed E-state index contributed by atoms with van der Waals surface area (Å²) in [6.45, 7) is 12.5. The van der Waals surface area contributed by atoms with Gasteiger partial charge in [-0.05, 0) is 22.5 Å². The van der Waals surface area contributed by atoms with Crippen LogP contribution in [0.2, 0.25) is 0 Å². The summed E-state index contributed by atoms with van der Waals surface area (Å²) in [7, 11) is 1.55. The van der Waals surface area contributed by atoms with Crippen molar-refractivity contribution in [3.8, 4) is 5.75 Å². The summed E-state index contributed by atoms with van der Waals surface area (Å²) in [6.07, 6.45) is -1.43. The molecule has 4 nitrogen and oxygen atoms in total. The molecule has 1 aromatic rings. The van der Waals surface area contributed by atoms with Gasteiger partial charge in [0.1, 0.15) is 5.75 Å². The minimum absolute atomic E-state index is 0.107. The summed E-state index contributed by atoms with van der Waals surface area (Å²) < 4.78 is 5.52. The van der Waals surface area contributed by atoms with E-state index < -0.39 is 12.1 Å². The molecule has 0 aliphatic rings. The van der Waals surface area contributed by atoms with Gasteiger partial charge in [0.15, 0.2) is 0 Å². The molecule has 1 unspecified atom stereocenters. The van der Waals surface area contributed by atoms with Gasteiger partial charge in [-0.15, -0.1) is 0 Å². The molecule has 0 heterocycles. The van der Waals surface area contributed by atoms with E-state index >= 15 is 0 Å². The summed E-state index contributed by atoms with van der Waals surface area (Å²) in [4.78, 5) is 10.9. The van der Waals surface area contributed by atoms with Crippen molar-refractivity contribution in [2.75, 3.05) is 7.11 Å². The lowest BCUT2D eigenvalue weighted by molar-refractivity contribution is -0.139. The molecule has 0 spiro atoms. The summed E-state index contributed by atoms with van der Waals surface area (Å²) in [6, 6.07) is 3.96. The molecule has 0 amide bonds. The van der Waals surface area contributed by atoms with Crippen molar-refractivity contribution in [2.24, 2.45) is 0 Å². The van der Waals surface area contributed by atoms with Crippen LogP contribution in [0.5, 0.6) is 5.75 Å². The van der Waals surface area contributed by atoms with E-state index in [0.717, 1.165) is 11.1 Å². The Hall–Kier alpha value is -1.55. The van der Waals surface area contributed by atoms with Crippen LogP contribution in [0.15, 0.2) is 12.1 Å². The van der Waals surface area contributed by atoms with Crippen molar-refractivity contribution in [2.45, 2.75) is 64.9 Å². The second-order valence-corrected chi connectivity index (χ2v) is 7.76. The number of aliphatic hydroxyl groups is 1. The van der Waals surface area contributed by atoms with Crippen LogP contribution in [0, 0.1) is 0 Å². The number of carboxylic acid groups (broad SMARTS) is 1. The molecule has 2 N–H and O–H groups in total. The number of aliphatic carboxylic acids is 1. The molecule has 124 valence electrons. The first kappa shape index (κ1) is 18.5. The molecule has 0 saturated carbocycles. The monoisotopic (exact) mass is 308 g/mol. The first-order valence-electron chi connectivity index (χ1n) is 7.50. The number of hydrogen-bond acceptors (Lipinski definition) is 3. The Bertz CT molecular complexity index is 547. The van der Waals surface area contributed by atoms with E-state index in [1.165, 1.54) is 0 Å². The summed E-state index contributed by atoms with van der Waals surface area (Å²) in [5, 5.41) is 19.3. The standard InChI is InChI=1S/C18H28O4/c1-17(2,3)11-8-12(14(19)10-15(20)21)16(22-7)13(9-11)18(4,5)6/h8-9,14,19H,10H2,1-7H3,(H,20,21). The third-order valence-electron chi connectivity index (χ3n) is 3.72. The molecule has 0 aliphatic heterocycles. The molecule has 0 saturated heterocycles. The maximum atomic E-state index is 10.9. The average Bonchev–Trinajstić information content (AvgIpc) is 2.33. The molecule has 0 fully saturated rings. The number of carboxylic acids is 1. The molecule has 22 heavy (non-hydrogen) atoms. The van der Waals surface area contributed by atoms with Gasteiger partial charge < -0.3 is 14.9 Å². The maximum Gasteiger partial charge on any atom is 0.306 e.